The monoisotopic (exact) mass is 180 g/mol. The average Bonchev–Trinajstić information content (AvgIpc) is 2.16. The molecule has 3 N–H and O–H groups in total. The number of carbonyl (C=O) groups is 1. The first kappa shape index (κ1) is 9.54. The van der Waals surface area contributed by atoms with Gasteiger partial charge in [-0.1, -0.05) is 19.1 Å². The number of hydrazine groups is 1. The molecule has 0 saturated heterocycles. The number of hydrogen-bond acceptors (Lipinski definition) is 3. The van der Waals surface area contributed by atoms with E-state index in [1.165, 1.54) is 6.07 Å². The summed E-state index contributed by atoms with van der Waals surface area (Å²) in [6.45, 7) is 1.71. The van der Waals surface area contributed by atoms with E-state index in [-0.39, 0.29) is 11.7 Å². The summed E-state index contributed by atoms with van der Waals surface area (Å²) in [6.07, 6.45) is 0.310. The minimum Gasteiger partial charge on any atom is -0.506 e. The van der Waals surface area contributed by atoms with E-state index in [4.69, 9.17) is 5.84 Å². The lowest BCUT2D eigenvalue weighted by Crippen LogP contribution is -2.36. The molecule has 1 aromatic rings. The largest absolute Gasteiger partial charge is 0.506 e. The van der Waals surface area contributed by atoms with Crippen LogP contribution in [0.4, 0.5) is 5.69 Å². The normalized spacial score (nSPS) is 9.69. The molecule has 0 saturated carbocycles. The van der Waals surface area contributed by atoms with Crippen molar-refractivity contribution in [3.05, 3.63) is 24.3 Å². The van der Waals surface area contributed by atoms with Crippen molar-refractivity contribution in [2.75, 3.05) is 5.01 Å². The van der Waals surface area contributed by atoms with Gasteiger partial charge in [0.15, 0.2) is 0 Å². The zero-order valence-corrected chi connectivity index (χ0v) is 7.40. The maximum atomic E-state index is 11.2. The van der Waals surface area contributed by atoms with Gasteiger partial charge < -0.3 is 5.11 Å². The SMILES string of the molecule is CCC(=O)N(N)c1ccccc1O. The van der Waals surface area contributed by atoms with Crippen LogP contribution in [0.25, 0.3) is 0 Å². The topological polar surface area (TPSA) is 66.6 Å². The molecule has 0 atom stereocenters. The molecule has 1 rings (SSSR count). The van der Waals surface area contributed by atoms with Crippen molar-refractivity contribution in [3.63, 3.8) is 0 Å². The van der Waals surface area contributed by atoms with Crippen molar-refractivity contribution in [3.8, 4) is 5.75 Å². The summed E-state index contributed by atoms with van der Waals surface area (Å²) in [5, 5.41) is 10.3. The van der Waals surface area contributed by atoms with Crippen molar-refractivity contribution >= 4 is 11.6 Å². The van der Waals surface area contributed by atoms with Crippen molar-refractivity contribution in [1.82, 2.24) is 0 Å². The van der Waals surface area contributed by atoms with E-state index in [1.807, 2.05) is 0 Å². The van der Waals surface area contributed by atoms with Crippen LogP contribution in [0, 0.1) is 0 Å². The lowest BCUT2D eigenvalue weighted by atomic mass is 10.3. The van der Waals surface area contributed by atoms with Gasteiger partial charge in [0.2, 0.25) is 5.91 Å². The van der Waals surface area contributed by atoms with E-state index in [2.05, 4.69) is 0 Å². The maximum absolute atomic E-state index is 11.2. The van der Waals surface area contributed by atoms with Crippen LogP contribution < -0.4 is 10.9 Å². The summed E-state index contributed by atoms with van der Waals surface area (Å²) in [5.74, 6) is 5.25. The average molecular weight is 180 g/mol. The Morgan fingerprint density at radius 3 is 2.69 bits per heavy atom. The highest BCUT2D eigenvalue weighted by Gasteiger charge is 2.11. The molecule has 0 radical (unpaired) electrons. The number of phenolic OH excluding ortho intramolecular Hbond substituents is 1. The number of anilines is 1. The number of para-hydroxylation sites is 2. The van der Waals surface area contributed by atoms with Crippen LogP contribution in [-0.4, -0.2) is 11.0 Å². The van der Waals surface area contributed by atoms with Crippen LogP contribution in [-0.2, 0) is 4.79 Å². The predicted octanol–water partition coefficient (Wildman–Crippen LogP) is 1.01. The highest BCUT2D eigenvalue weighted by atomic mass is 16.3. The van der Waals surface area contributed by atoms with E-state index >= 15 is 0 Å². The molecule has 4 heteroatoms. The molecule has 0 fully saturated rings. The second-order valence-electron chi connectivity index (χ2n) is 2.61. The van der Waals surface area contributed by atoms with E-state index in [1.54, 1.807) is 25.1 Å². The van der Waals surface area contributed by atoms with E-state index in [9.17, 15) is 9.90 Å². The highest BCUT2D eigenvalue weighted by Crippen LogP contribution is 2.24. The maximum Gasteiger partial charge on any atom is 0.241 e. The van der Waals surface area contributed by atoms with Gasteiger partial charge in [0.05, 0.1) is 0 Å². The number of nitrogens with zero attached hydrogens (tertiary/aromatic N) is 1. The molecular weight excluding hydrogens is 168 g/mol. The third-order valence-corrected chi connectivity index (χ3v) is 1.71. The molecule has 0 bridgehead atoms. The van der Waals surface area contributed by atoms with Gasteiger partial charge in [0, 0.05) is 6.42 Å². The van der Waals surface area contributed by atoms with Crippen LogP contribution in [0.2, 0.25) is 0 Å². The Morgan fingerprint density at radius 1 is 1.54 bits per heavy atom. The second kappa shape index (κ2) is 3.91. The van der Waals surface area contributed by atoms with Crippen molar-refractivity contribution in [2.45, 2.75) is 13.3 Å². The highest BCUT2D eigenvalue weighted by molar-refractivity contribution is 5.93. The molecule has 4 nitrogen and oxygen atoms in total. The Morgan fingerprint density at radius 2 is 2.15 bits per heavy atom. The first-order chi connectivity index (χ1) is 6.16. The predicted molar refractivity (Wildman–Crippen MR) is 50.1 cm³/mol. The first-order valence-corrected chi connectivity index (χ1v) is 4.02. The fourth-order valence-corrected chi connectivity index (χ4v) is 0.973. The van der Waals surface area contributed by atoms with Gasteiger partial charge in [-0.25, -0.2) is 10.9 Å². The minimum atomic E-state index is -0.235. The summed E-state index contributed by atoms with van der Waals surface area (Å²) in [5.41, 5.74) is 0.328. The van der Waals surface area contributed by atoms with Gasteiger partial charge in [-0.3, -0.25) is 4.79 Å². The van der Waals surface area contributed by atoms with E-state index < -0.39 is 0 Å². The number of hydrogen-bond donors (Lipinski definition) is 2. The van der Waals surface area contributed by atoms with E-state index in [0.717, 1.165) is 5.01 Å². The Hall–Kier alpha value is -1.55. The summed E-state index contributed by atoms with van der Waals surface area (Å²) < 4.78 is 0. The van der Waals surface area contributed by atoms with Crippen molar-refractivity contribution < 1.29 is 9.90 Å². The van der Waals surface area contributed by atoms with E-state index in [0.29, 0.717) is 12.1 Å². The number of phenols is 1. The molecule has 13 heavy (non-hydrogen) atoms. The molecule has 1 amide bonds. The molecule has 0 aliphatic rings. The van der Waals surface area contributed by atoms with Crippen LogP contribution in [0.15, 0.2) is 24.3 Å². The lowest BCUT2D eigenvalue weighted by molar-refractivity contribution is -0.118. The molecule has 0 heterocycles. The second-order valence-corrected chi connectivity index (χ2v) is 2.61. The number of amides is 1. The summed E-state index contributed by atoms with van der Waals surface area (Å²) in [4.78, 5) is 11.2. The smallest absolute Gasteiger partial charge is 0.241 e. The molecular formula is C9H12N2O2. The van der Waals surface area contributed by atoms with Crippen molar-refractivity contribution in [1.29, 1.82) is 0 Å². The first-order valence-electron chi connectivity index (χ1n) is 4.02. The van der Waals surface area contributed by atoms with Crippen LogP contribution in [0.1, 0.15) is 13.3 Å². The lowest BCUT2D eigenvalue weighted by Gasteiger charge is -2.16. The summed E-state index contributed by atoms with van der Waals surface area (Å²) in [6, 6.07) is 6.45. The molecule has 0 aliphatic heterocycles. The van der Waals surface area contributed by atoms with Crippen LogP contribution in [0.5, 0.6) is 5.75 Å². The Kier molecular flexibility index (Phi) is 2.87. The third kappa shape index (κ3) is 1.97. The molecule has 70 valence electrons. The van der Waals surface area contributed by atoms with Crippen LogP contribution in [0.3, 0.4) is 0 Å². The zero-order valence-electron chi connectivity index (χ0n) is 7.40. The number of carbonyl (C=O) groups excluding carboxylic acids is 1. The van der Waals surface area contributed by atoms with Gasteiger partial charge >= 0.3 is 0 Å². The Bertz CT molecular complexity index is 312. The third-order valence-electron chi connectivity index (χ3n) is 1.71. The van der Waals surface area contributed by atoms with Crippen molar-refractivity contribution in [2.24, 2.45) is 5.84 Å². The summed E-state index contributed by atoms with van der Waals surface area (Å²) in [7, 11) is 0. The van der Waals surface area contributed by atoms with Gasteiger partial charge in [0.1, 0.15) is 11.4 Å². The number of rotatable bonds is 2. The zero-order chi connectivity index (χ0) is 9.84. The Labute approximate surface area is 76.6 Å². The molecule has 0 spiro atoms. The molecule has 0 aromatic heterocycles. The van der Waals surface area contributed by atoms with Gasteiger partial charge in [-0.05, 0) is 12.1 Å². The number of benzene rings is 1. The molecule has 0 unspecified atom stereocenters. The fourth-order valence-electron chi connectivity index (χ4n) is 0.973. The minimum absolute atomic E-state index is 0.00630. The number of aromatic hydroxyl groups is 1. The standard InChI is InChI=1S/C9H12N2O2/c1-2-9(13)11(10)7-5-3-4-6-8(7)12/h3-6,12H,2,10H2,1H3. The van der Waals surface area contributed by atoms with Crippen LogP contribution >= 0.6 is 0 Å². The van der Waals surface area contributed by atoms with Gasteiger partial charge in [0.25, 0.3) is 0 Å². The Balaban J connectivity index is 2.95. The summed E-state index contributed by atoms with van der Waals surface area (Å²) >= 11 is 0. The van der Waals surface area contributed by atoms with Gasteiger partial charge in [-0.2, -0.15) is 0 Å². The number of nitrogens with two attached hydrogens (primary N) is 1. The van der Waals surface area contributed by atoms with Gasteiger partial charge in [-0.15, -0.1) is 0 Å². The molecule has 1 aromatic carbocycles. The quantitative estimate of drug-likeness (QED) is 0.405. The fraction of sp³-hybridized carbons (Fsp3) is 0.222. The molecule has 0 aliphatic carbocycles.